The van der Waals surface area contributed by atoms with E-state index in [-0.39, 0.29) is 11.8 Å². The first-order valence-electron chi connectivity index (χ1n) is 5.99. The molecule has 2 rings (SSSR count). The van der Waals surface area contributed by atoms with Crippen molar-refractivity contribution in [2.24, 2.45) is 0 Å². The van der Waals surface area contributed by atoms with E-state index in [1.54, 1.807) is 28.0 Å². The minimum absolute atomic E-state index is 0.0385. The Morgan fingerprint density at radius 3 is 2.16 bits per heavy atom. The zero-order valence-electron chi connectivity index (χ0n) is 10.5. The van der Waals surface area contributed by atoms with Gasteiger partial charge in [-0.1, -0.05) is 23.2 Å². The molecule has 6 heteroatoms. The molecule has 0 atom stereocenters. The molecule has 0 N–H and O–H groups in total. The molecule has 1 fully saturated rings. The number of rotatable bonds is 1. The molecule has 0 aliphatic carbocycles. The molecule has 0 unspecified atom stereocenters. The lowest BCUT2D eigenvalue weighted by Crippen LogP contribution is -2.50. The summed E-state index contributed by atoms with van der Waals surface area (Å²) in [6, 6.07) is 4.83. The molecule has 0 spiro atoms. The van der Waals surface area contributed by atoms with Crippen molar-refractivity contribution >= 4 is 35.0 Å². The van der Waals surface area contributed by atoms with Crippen molar-refractivity contribution in [1.29, 1.82) is 0 Å². The zero-order chi connectivity index (χ0) is 14.0. The summed E-state index contributed by atoms with van der Waals surface area (Å²) in [5.74, 6) is -0.0820. The van der Waals surface area contributed by atoms with Crippen LogP contribution in [0.15, 0.2) is 18.2 Å². The van der Waals surface area contributed by atoms with Gasteiger partial charge in [0.05, 0.1) is 10.6 Å². The fourth-order valence-corrected chi connectivity index (χ4v) is 2.55. The van der Waals surface area contributed by atoms with Crippen molar-refractivity contribution in [3.05, 3.63) is 33.8 Å². The second kappa shape index (κ2) is 5.80. The normalized spacial score (nSPS) is 15.5. The molecule has 0 aromatic heterocycles. The lowest BCUT2D eigenvalue weighted by molar-refractivity contribution is -0.130. The van der Waals surface area contributed by atoms with Gasteiger partial charge in [-0.05, 0) is 18.2 Å². The second-order valence-electron chi connectivity index (χ2n) is 4.42. The zero-order valence-corrected chi connectivity index (χ0v) is 12.0. The number of halogens is 2. The summed E-state index contributed by atoms with van der Waals surface area (Å²) in [6.45, 7) is 3.71. The molecule has 1 aliphatic rings. The SMILES string of the molecule is CC(=O)N1CCN(C(=O)c2ccc(Cl)cc2Cl)CC1. The quantitative estimate of drug-likeness (QED) is 0.798. The predicted molar refractivity (Wildman–Crippen MR) is 74.6 cm³/mol. The van der Waals surface area contributed by atoms with E-state index in [0.29, 0.717) is 41.8 Å². The summed E-state index contributed by atoms with van der Waals surface area (Å²) in [4.78, 5) is 27.0. The van der Waals surface area contributed by atoms with Crippen LogP contribution in [-0.2, 0) is 4.79 Å². The third-order valence-electron chi connectivity index (χ3n) is 3.17. The van der Waals surface area contributed by atoms with Gasteiger partial charge in [0.25, 0.3) is 5.91 Å². The topological polar surface area (TPSA) is 40.6 Å². The van der Waals surface area contributed by atoms with Crippen LogP contribution in [0.5, 0.6) is 0 Å². The van der Waals surface area contributed by atoms with E-state index in [4.69, 9.17) is 23.2 Å². The Morgan fingerprint density at radius 2 is 1.63 bits per heavy atom. The van der Waals surface area contributed by atoms with Crippen molar-refractivity contribution in [2.45, 2.75) is 6.92 Å². The largest absolute Gasteiger partial charge is 0.339 e. The Labute approximate surface area is 121 Å². The maximum absolute atomic E-state index is 12.3. The fourth-order valence-electron chi connectivity index (χ4n) is 2.06. The van der Waals surface area contributed by atoms with Crippen LogP contribution < -0.4 is 0 Å². The summed E-state index contributed by atoms with van der Waals surface area (Å²) < 4.78 is 0. The molecule has 102 valence electrons. The molecule has 1 saturated heterocycles. The predicted octanol–water partition coefficient (Wildman–Crippen LogP) is 2.30. The summed E-state index contributed by atoms with van der Waals surface area (Å²) in [7, 11) is 0. The van der Waals surface area contributed by atoms with Crippen LogP contribution in [0.2, 0.25) is 10.0 Å². The van der Waals surface area contributed by atoms with Crippen LogP contribution in [0.25, 0.3) is 0 Å². The van der Waals surface area contributed by atoms with E-state index in [1.165, 1.54) is 6.92 Å². The highest BCUT2D eigenvalue weighted by Crippen LogP contribution is 2.22. The third-order valence-corrected chi connectivity index (χ3v) is 3.72. The van der Waals surface area contributed by atoms with Crippen LogP contribution in [0.4, 0.5) is 0 Å². The van der Waals surface area contributed by atoms with Crippen LogP contribution in [0.3, 0.4) is 0 Å². The highest BCUT2D eigenvalue weighted by Gasteiger charge is 2.24. The number of piperazine rings is 1. The molecule has 0 radical (unpaired) electrons. The van der Waals surface area contributed by atoms with E-state index in [0.717, 1.165) is 0 Å². The molecule has 0 bridgehead atoms. The molecule has 1 heterocycles. The van der Waals surface area contributed by atoms with Gasteiger partial charge in [0.2, 0.25) is 5.91 Å². The molecule has 2 amide bonds. The van der Waals surface area contributed by atoms with Crippen LogP contribution in [-0.4, -0.2) is 47.8 Å². The van der Waals surface area contributed by atoms with Crippen molar-refractivity contribution in [3.8, 4) is 0 Å². The Hall–Kier alpha value is -1.26. The van der Waals surface area contributed by atoms with E-state index in [1.807, 2.05) is 0 Å². The average Bonchev–Trinajstić information content (AvgIpc) is 2.38. The number of amides is 2. The maximum atomic E-state index is 12.3. The monoisotopic (exact) mass is 300 g/mol. The van der Waals surface area contributed by atoms with Crippen LogP contribution in [0, 0.1) is 0 Å². The van der Waals surface area contributed by atoms with E-state index >= 15 is 0 Å². The number of hydrogen-bond acceptors (Lipinski definition) is 2. The Morgan fingerprint density at radius 1 is 1.05 bits per heavy atom. The highest BCUT2D eigenvalue weighted by atomic mass is 35.5. The molecule has 0 saturated carbocycles. The maximum Gasteiger partial charge on any atom is 0.255 e. The molecule has 4 nitrogen and oxygen atoms in total. The minimum Gasteiger partial charge on any atom is -0.339 e. The lowest BCUT2D eigenvalue weighted by atomic mass is 10.2. The first-order valence-corrected chi connectivity index (χ1v) is 6.74. The molecule has 1 aromatic rings. The first kappa shape index (κ1) is 14.2. The summed E-state index contributed by atoms with van der Waals surface area (Å²) in [5, 5.41) is 0.856. The van der Waals surface area contributed by atoms with Gasteiger partial charge in [0, 0.05) is 38.1 Å². The molecule has 19 heavy (non-hydrogen) atoms. The van der Waals surface area contributed by atoms with E-state index in [2.05, 4.69) is 0 Å². The summed E-state index contributed by atoms with van der Waals surface area (Å²) in [5.41, 5.74) is 0.447. The average molecular weight is 301 g/mol. The number of carbonyl (C=O) groups is 2. The standard InChI is InChI=1S/C13H14Cl2N2O2/c1-9(18)16-4-6-17(7-5-16)13(19)11-3-2-10(14)8-12(11)15/h2-3,8H,4-7H2,1H3. The van der Waals surface area contributed by atoms with Crippen molar-refractivity contribution in [1.82, 2.24) is 9.80 Å². The van der Waals surface area contributed by atoms with Gasteiger partial charge in [-0.15, -0.1) is 0 Å². The van der Waals surface area contributed by atoms with Gasteiger partial charge in [-0.25, -0.2) is 0 Å². The number of hydrogen-bond donors (Lipinski definition) is 0. The van der Waals surface area contributed by atoms with Gasteiger partial charge in [-0.3, -0.25) is 9.59 Å². The molecule has 1 aromatic carbocycles. The van der Waals surface area contributed by atoms with Gasteiger partial charge in [-0.2, -0.15) is 0 Å². The van der Waals surface area contributed by atoms with Crippen LogP contribution >= 0.6 is 23.2 Å². The number of benzene rings is 1. The number of nitrogens with zero attached hydrogens (tertiary/aromatic N) is 2. The van der Waals surface area contributed by atoms with E-state index < -0.39 is 0 Å². The highest BCUT2D eigenvalue weighted by molar-refractivity contribution is 6.36. The lowest BCUT2D eigenvalue weighted by Gasteiger charge is -2.34. The molecule has 1 aliphatic heterocycles. The van der Waals surface area contributed by atoms with Crippen LogP contribution in [0.1, 0.15) is 17.3 Å². The van der Waals surface area contributed by atoms with Crippen molar-refractivity contribution in [2.75, 3.05) is 26.2 Å². The Bertz CT molecular complexity index is 511. The van der Waals surface area contributed by atoms with Gasteiger partial charge >= 0.3 is 0 Å². The molecular formula is C13H14Cl2N2O2. The van der Waals surface area contributed by atoms with E-state index in [9.17, 15) is 9.59 Å². The Kier molecular flexibility index (Phi) is 4.32. The van der Waals surface area contributed by atoms with Crippen molar-refractivity contribution in [3.63, 3.8) is 0 Å². The fraction of sp³-hybridized carbons (Fsp3) is 0.385. The number of carbonyl (C=O) groups excluding carboxylic acids is 2. The second-order valence-corrected chi connectivity index (χ2v) is 5.27. The smallest absolute Gasteiger partial charge is 0.255 e. The minimum atomic E-state index is -0.120. The Balaban J connectivity index is 2.07. The first-order chi connectivity index (χ1) is 8.99. The van der Waals surface area contributed by atoms with Gasteiger partial charge < -0.3 is 9.80 Å². The molecular weight excluding hydrogens is 287 g/mol. The van der Waals surface area contributed by atoms with Crippen molar-refractivity contribution < 1.29 is 9.59 Å². The third kappa shape index (κ3) is 3.19. The summed E-state index contributed by atoms with van der Waals surface area (Å²) in [6.07, 6.45) is 0. The van der Waals surface area contributed by atoms with Gasteiger partial charge in [0.1, 0.15) is 0 Å². The van der Waals surface area contributed by atoms with Gasteiger partial charge in [0.15, 0.2) is 0 Å². The summed E-state index contributed by atoms with van der Waals surface area (Å²) >= 11 is 11.8.